The molecule has 0 aliphatic rings. The number of sulfonamides is 1. The second-order valence-electron chi connectivity index (χ2n) is 4.17. The summed E-state index contributed by atoms with van der Waals surface area (Å²) in [6.45, 7) is 3.70. The van der Waals surface area contributed by atoms with Gasteiger partial charge in [0.2, 0.25) is 10.0 Å². The van der Waals surface area contributed by atoms with Crippen molar-refractivity contribution in [2.45, 2.75) is 20.3 Å². The second-order valence-corrected chi connectivity index (χ2v) is 6.01. The lowest BCUT2D eigenvalue weighted by Crippen LogP contribution is -2.16. The number of rotatable bonds is 5. The molecule has 0 amide bonds. The Morgan fingerprint density at radius 1 is 1.32 bits per heavy atom. The first-order valence-electron chi connectivity index (χ1n) is 5.98. The maximum Gasteiger partial charge on any atom is 0.232 e. The molecule has 2 aromatic rings. The van der Waals surface area contributed by atoms with Crippen molar-refractivity contribution in [3.8, 4) is 5.82 Å². The predicted molar refractivity (Wildman–Crippen MR) is 73.8 cm³/mol. The van der Waals surface area contributed by atoms with Gasteiger partial charge in [0.25, 0.3) is 0 Å². The van der Waals surface area contributed by atoms with Crippen molar-refractivity contribution >= 4 is 15.7 Å². The molecule has 0 bridgehead atoms. The first-order chi connectivity index (χ1) is 9.02. The average Bonchev–Trinajstić information content (AvgIpc) is 2.76. The van der Waals surface area contributed by atoms with E-state index in [2.05, 4.69) is 14.7 Å². The number of anilines is 1. The Kier molecular flexibility index (Phi) is 3.84. The molecule has 0 fully saturated rings. The summed E-state index contributed by atoms with van der Waals surface area (Å²) >= 11 is 0. The molecule has 0 aromatic carbocycles. The van der Waals surface area contributed by atoms with Crippen LogP contribution in [0.4, 0.5) is 5.69 Å². The van der Waals surface area contributed by atoms with E-state index in [-0.39, 0.29) is 5.75 Å². The summed E-state index contributed by atoms with van der Waals surface area (Å²) in [5.41, 5.74) is 0.468. The van der Waals surface area contributed by atoms with Crippen LogP contribution in [0, 0.1) is 6.92 Å². The molecule has 2 rings (SSSR count). The quantitative estimate of drug-likeness (QED) is 0.904. The molecular weight excluding hydrogens is 264 g/mol. The van der Waals surface area contributed by atoms with E-state index in [1.54, 1.807) is 24.5 Å². The minimum atomic E-state index is -3.27. The van der Waals surface area contributed by atoms with Crippen molar-refractivity contribution in [3.63, 3.8) is 0 Å². The molecule has 0 aliphatic carbocycles. The summed E-state index contributed by atoms with van der Waals surface area (Å²) in [4.78, 5) is 8.33. The summed E-state index contributed by atoms with van der Waals surface area (Å²) in [5.74, 6) is 1.63. The van der Waals surface area contributed by atoms with Crippen molar-refractivity contribution in [2.75, 3.05) is 10.5 Å². The zero-order valence-electron chi connectivity index (χ0n) is 10.9. The van der Waals surface area contributed by atoms with Crippen LogP contribution in [0.15, 0.2) is 30.7 Å². The molecule has 19 heavy (non-hydrogen) atoms. The Hall–Kier alpha value is -1.89. The zero-order valence-corrected chi connectivity index (χ0v) is 11.7. The zero-order chi connectivity index (χ0) is 13.9. The molecule has 7 heteroatoms. The number of hydrogen-bond donors (Lipinski definition) is 1. The minimum absolute atomic E-state index is 0.107. The average molecular weight is 280 g/mol. The second kappa shape index (κ2) is 5.40. The molecule has 0 spiro atoms. The largest absolute Gasteiger partial charge is 0.288 e. The number of aromatic nitrogens is 3. The van der Waals surface area contributed by atoms with E-state index in [4.69, 9.17) is 0 Å². The highest BCUT2D eigenvalue weighted by Gasteiger charge is 2.09. The summed E-state index contributed by atoms with van der Waals surface area (Å²) in [6.07, 6.45) is 5.57. The fraction of sp³-hybridized carbons (Fsp3) is 0.333. The highest BCUT2D eigenvalue weighted by atomic mass is 32.2. The molecule has 102 valence electrons. The monoisotopic (exact) mass is 280 g/mol. The van der Waals surface area contributed by atoms with Gasteiger partial charge in [-0.1, -0.05) is 6.92 Å². The number of pyridine rings is 1. The Bertz CT molecular complexity index is 647. The van der Waals surface area contributed by atoms with Gasteiger partial charge in [-0.05, 0) is 25.5 Å². The topological polar surface area (TPSA) is 76.9 Å². The summed E-state index contributed by atoms with van der Waals surface area (Å²) < 4.78 is 27.5. The van der Waals surface area contributed by atoms with E-state index >= 15 is 0 Å². The van der Waals surface area contributed by atoms with Gasteiger partial charge in [0, 0.05) is 12.4 Å². The summed E-state index contributed by atoms with van der Waals surface area (Å²) in [7, 11) is -3.27. The maximum absolute atomic E-state index is 11.6. The number of nitrogens with one attached hydrogen (secondary N) is 1. The molecule has 2 aromatic heterocycles. The molecule has 1 N–H and O–H groups in total. The van der Waals surface area contributed by atoms with Gasteiger partial charge < -0.3 is 0 Å². The van der Waals surface area contributed by atoms with Gasteiger partial charge in [0.05, 0.1) is 17.6 Å². The van der Waals surface area contributed by atoms with Crippen LogP contribution in [-0.4, -0.2) is 28.7 Å². The molecule has 0 aliphatic heterocycles. The molecule has 2 heterocycles. The van der Waals surface area contributed by atoms with E-state index in [0.29, 0.717) is 17.9 Å². The SMILES string of the molecule is CCCS(=O)(=O)Nc1ccc(-n2ccnc2C)nc1. The normalized spacial score (nSPS) is 11.5. The van der Waals surface area contributed by atoms with Crippen LogP contribution in [-0.2, 0) is 10.0 Å². The number of nitrogens with zero attached hydrogens (tertiary/aromatic N) is 3. The van der Waals surface area contributed by atoms with Crippen LogP contribution in [0.25, 0.3) is 5.82 Å². The van der Waals surface area contributed by atoms with Gasteiger partial charge in [0.1, 0.15) is 11.6 Å². The van der Waals surface area contributed by atoms with Crippen molar-refractivity contribution in [1.29, 1.82) is 0 Å². The van der Waals surface area contributed by atoms with Crippen molar-refractivity contribution < 1.29 is 8.42 Å². The van der Waals surface area contributed by atoms with Gasteiger partial charge in [-0.3, -0.25) is 9.29 Å². The van der Waals surface area contributed by atoms with Crippen LogP contribution in [0.1, 0.15) is 19.2 Å². The van der Waals surface area contributed by atoms with E-state index in [9.17, 15) is 8.42 Å². The predicted octanol–water partition coefficient (Wildman–Crippen LogP) is 1.73. The third-order valence-corrected chi connectivity index (χ3v) is 4.06. The lowest BCUT2D eigenvalue weighted by Gasteiger charge is -2.08. The van der Waals surface area contributed by atoms with Crippen molar-refractivity contribution in [3.05, 3.63) is 36.5 Å². The first kappa shape index (κ1) is 13.5. The molecule has 0 atom stereocenters. The van der Waals surface area contributed by atoms with E-state index in [0.717, 1.165) is 5.82 Å². The summed E-state index contributed by atoms with van der Waals surface area (Å²) in [6, 6.07) is 3.44. The molecule has 0 radical (unpaired) electrons. The number of hydrogen-bond acceptors (Lipinski definition) is 4. The van der Waals surface area contributed by atoms with Crippen LogP contribution in [0.2, 0.25) is 0 Å². The van der Waals surface area contributed by atoms with E-state index < -0.39 is 10.0 Å². The van der Waals surface area contributed by atoms with Crippen LogP contribution >= 0.6 is 0 Å². The van der Waals surface area contributed by atoms with Gasteiger partial charge in [-0.2, -0.15) is 0 Å². The Labute approximate surface area is 112 Å². The molecule has 0 saturated carbocycles. The van der Waals surface area contributed by atoms with Gasteiger partial charge >= 0.3 is 0 Å². The summed E-state index contributed by atoms with van der Waals surface area (Å²) in [5, 5.41) is 0. The van der Waals surface area contributed by atoms with E-state index in [1.165, 1.54) is 6.20 Å². The molecular formula is C12H16N4O2S. The highest BCUT2D eigenvalue weighted by molar-refractivity contribution is 7.92. The Morgan fingerprint density at radius 3 is 2.63 bits per heavy atom. The Balaban J connectivity index is 2.18. The molecule has 0 saturated heterocycles. The smallest absolute Gasteiger partial charge is 0.232 e. The fourth-order valence-corrected chi connectivity index (χ4v) is 2.83. The number of imidazole rings is 1. The lowest BCUT2D eigenvalue weighted by atomic mass is 10.4. The number of aryl methyl sites for hydroxylation is 1. The van der Waals surface area contributed by atoms with Crippen LogP contribution in [0.3, 0.4) is 0 Å². The Morgan fingerprint density at radius 2 is 2.11 bits per heavy atom. The standard InChI is InChI=1S/C12H16N4O2S/c1-3-8-19(17,18)15-11-4-5-12(14-9-11)16-7-6-13-10(16)2/h4-7,9,15H,3,8H2,1-2H3. The van der Waals surface area contributed by atoms with Crippen molar-refractivity contribution in [2.24, 2.45) is 0 Å². The third kappa shape index (κ3) is 3.31. The molecule has 0 unspecified atom stereocenters. The van der Waals surface area contributed by atoms with Gasteiger partial charge in [-0.25, -0.2) is 18.4 Å². The van der Waals surface area contributed by atoms with E-state index in [1.807, 2.05) is 18.4 Å². The van der Waals surface area contributed by atoms with Gasteiger partial charge in [0.15, 0.2) is 0 Å². The molecule has 6 nitrogen and oxygen atoms in total. The third-order valence-electron chi connectivity index (χ3n) is 2.57. The van der Waals surface area contributed by atoms with Gasteiger partial charge in [-0.15, -0.1) is 0 Å². The highest BCUT2D eigenvalue weighted by Crippen LogP contribution is 2.12. The maximum atomic E-state index is 11.6. The van der Waals surface area contributed by atoms with Crippen LogP contribution in [0.5, 0.6) is 0 Å². The van der Waals surface area contributed by atoms with Crippen LogP contribution < -0.4 is 4.72 Å². The minimum Gasteiger partial charge on any atom is -0.288 e. The first-order valence-corrected chi connectivity index (χ1v) is 7.64. The van der Waals surface area contributed by atoms with Crippen molar-refractivity contribution in [1.82, 2.24) is 14.5 Å². The lowest BCUT2D eigenvalue weighted by molar-refractivity contribution is 0.600. The fourth-order valence-electron chi connectivity index (χ4n) is 1.71.